The molecule has 0 aliphatic rings. The van der Waals surface area contributed by atoms with E-state index in [9.17, 15) is 18.0 Å². The molecule has 0 unspecified atom stereocenters. The van der Waals surface area contributed by atoms with Gasteiger partial charge in [0.15, 0.2) is 6.10 Å². The summed E-state index contributed by atoms with van der Waals surface area (Å²) in [5, 5.41) is 9.14. The summed E-state index contributed by atoms with van der Waals surface area (Å²) in [6, 6.07) is 8.83. The average molecular weight is 433 g/mol. The van der Waals surface area contributed by atoms with Crippen LogP contribution < -0.4 is 4.74 Å². The number of alkyl halides is 3. The van der Waals surface area contributed by atoms with Gasteiger partial charge in [-0.25, -0.2) is 9.78 Å². The molecule has 0 aliphatic carbocycles. The lowest BCUT2D eigenvalue weighted by atomic mass is 10.2. The molecule has 1 N–H and O–H groups in total. The zero-order valence-corrected chi connectivity index (χ0v) is 15.8. The molecule has 148 valence electrons. The van der Waals surface area contributed by atoms with Gasteiger partial charge in [0.05, 0.1) is 22.6 Å². The van der Waals surface area contributed by atoms with E-state index in [1.165, 1.54) is 31.2 Å². The van der Waals surface area contributed by atoms with Gasteiger partial charge in [-0.15, -0.1) is 0 Å². The van der Waals surface area contributed by atoms with E-state index in [-0.39, 0.29) is 38.9 Å². The number of carboxylic acids is 1. The molecule has 0 saturated heterocycles. The first-order valence-corrected chi connectivity index (χ1v) is 8.73. The van der Waals surface area contributed by atoms with Crippen LogP contribution in [0.15, 0.2) is 36.4 Å². The number of carboxylic acid groups (broad SMARTS) is 1. The molecule has 1 atom stereocenters. The van der Waals surface area contributed by atoms with Gasteiger partial charge in [-0.2, -0.15) is 13.2 Å². The summed E-state index contributed by atoms with van der Waals surface area (Å²) in [7, 11) is 0. The van der Waals surface area contributed by atoms with Gasteiger partial charge in [-0.05, 0) is 36.8 Å². The first kappa shape index (κ1) is 20.3. The number of nitrogens with zero attached hydrogens (tertiary/aromatic N) is 2. The van der Waals surface area contributed by atoms with E-state index in [4.69, 9.17) is 33.0 Å². The zero-order chi connectivity index (χ0) is 20.6. The van der Waals surface area contributed by atoms with E-state index in [1.54, 1.807) is 12.1 Å². The largest absolute Gasteiger partial charge is 0.479 e. The van der Waals surface area contributed by atoms with Crippen molar-refractivity contribution in [1.29, 1.82) is 0 Å². The Balaban J connectivity index is 2.08. The highest BCUT2D eigenvalue weighted by Gasteiger charge is 2.37. The number of aliphatic carboxylic acids is 1. The van der Waals surface area contributed by atoms with Gasteiger partial charge in [-0.1, -0.05) is 35.3 Å². The highest BCUT2D eigenvalue weighted by Crippen LogP contribution is 2.35. The highest BCUT2D eigenvalue weighted by atomic mass is 35.5. The number of benzene rings is 2. The second kappa shape index (κ2) is 7.52. The van der Waals surface area contributed by atoms with Crippen molar-refractivity contribution in [3.63, 3.8) is 0 Å². The first-order chi connectivity index (χ1) is 13.1. The van der Waals surface area contributed by atoms with E-state index >= 15 is 0 Å². The SMILES string of the molecule is C[C@H](Oc1cc(Cn2c(C(F)(F)F)nc3ccccc32)c(Cl)cc1Cl)C(=O)O. The number of carbonyl (C=O) groups is 1. The molecule has 0 aliphatic heterocycles. The number of para-hydroxylation sites is 2. The number of hydrogen-bond donors (Lipinski definition) is 1. The quantitative estimate of drug-likeness (QED) is 0.596. The lowest BCUT2D eigenvalue weighted by Crippen LogP contribution is -2.23. The fourth-order valence-corrected chi connectivity index (χ4v) is 3.13. The topological polar surface area (TPSA) is 64.4 Å². The standard InChI is InChI=1S/C18H13Cl2F3N2O3/c1-9(16(26)27)28-15-6-10(11(19)7-12(15)20)8-25-14-5-3-2-4-13(14)24-17(25)18(21,22)23/h2-7,9H,8H2,1H3,(H,26,27)/t9-/m0/s1. The molecular formula is C18H13Cl2F3N2O3. The Bertz CT molecular complexity index is 1050. The molecule has 0 bridgehead atoms. The minimum Gasteiger partial charge on any atom is -0.479 e. The zero-order valence-electron chi connectivity index (χ0n) is 14.3. The Labute approximate surface area is 167 Å². The van der Waals surface area contributed by atoms with Crippen LogP contribution >= 0.6 is 23.2 Å². The molecule has 1 aromatic heterocycles. The summed E-state index contributed by atoms with van der Waals surface area (Å²) in [5.74, 6) is -2.28. The predicted octanol–water partition coefficient (Wildman–Crippen LogP) is 5.26. The Morgan fingerprint density at radius 1 is 1.25 bits per heavy atom. The van der Waals surface area contributed by atoms with Crippen LogP contribution in [0.1, 0.15) is 18.3 Å². The number of fused-ring (bicyclic) bond motifs is 1. The monoisotopic (exact) mass is 432 g/mol. The number of rotatable bonds is 5. The van der Waals surface area contributed by atoms with Crippen molar-refractivity contribution in [3.05, 3.63) is 57.8 Å². The number of ether oxygens (including phenoxy) is 1. The van der Waals surface area contributed by atoms with Crippen molar-refractivity contribution in [2.24, 2.45) is 0 Å². The molecule has 2 aromatic carbocycles. The second-order valence-electron chi connectivity index (χ2n) is 5.98. The van der Waals surface area contributed by atoms with E-state index in [2.05, 4.69) is 4.98 Å². The molecule has 10 heteroatoms. The van der Waals surface area contributed by atoms with Gasteiger partial charge in [0.2, 0.25) is 5.82 Å². The van der Waals surface area contributed by atoms with Crippen molar-refractivity contribution in [2.45, 2.75) is 25.7 Å². The van der Waals surface area contributed by atoms with Crippen molar-refractivity contribution in [1.82, 2.24) is 9.55 Å². The van der Waals surface area contributed by atoms with Gasteiger partial charge < -0.3 is 14.4 Å². The number of hydrogen-bond acceptors (Lipinski definition) is 3. The van der Waals surface area contributed by atoms with Gasteiger partial charge in [0, 0.05) is 5.02 Å². The molecule has 0 spiro atoms. The summed E-state index contributed by atoms with van der Waals surface area (Å²) < 4.78 is 46.7. The normalized spacial score (nSPS) is 12.9. The van der Waals surface area contributed by atoms with E-state index in [0.29, 0.717) is 0 Å². The maximum absolute atomic E-state index is 13.5. The summed E-state index contributed by atoms with van der Waals surface area (Å²) in [6.45, 7) is 1.04. The Morgan fingerprint density at radius 2 is 1.93 bits per heavy atom. The lowest BCUT2D eigenvalue weighted by molar-refractivity contribution is -0.147. The second-order valence-corrected chi connectivity index (χ2v) is 6.79. The molecular weight excluding hydrogens is 420 g/mol. The Kier molecular flexibility index (Phi) is 5.45. The van der Waals surface area contributed by atoms with Crippen LogP contribution in [0.25, 0.3) is 11.0 Å². The van der Waals surface area contributed by atoms with E-state index < -0.39 is 24.1 Å². The van der Waals surface area contributed by atoms with Crippen molar-refractivity contribution >= 4 is 40.2 Å². The summed E-state index contributed by atoms with van der Waals surface area (Å²) in [4.78, 5) is 14.7. The third-order valence-corrected chi connectivity index (χ3v) is 4.64. The van der Waals surface area contributed by atoms with Crippen LogP contribution in [0.4, 0.5) is 13.2 Å². The van der Waals surface area contributed by atoms with Gasteiger partial charge >= 0.3 is 12.1 Å². The van der Waals surface area contributed by atoms with Crippen molar-refractivity contribution in [3.8, 4) is 5.75 Å². The summed E-state index contributed by atoms with van der Waals surface area (Å²) in [5.41, 5.74) is 0.741. The molecule has 28 heavy (non-hydrogen) atoms. The summed E-state index contributed by atoms with van der Waals surface area (Å²) >= 11 is 12.2. The minimum absolute atomic E-state index is 0.00828. The van der Waals surface area contributed by atoms with Gasteiger partial charge in [0.1, 0.15) is 5.75 Å². The van der Waals surface area contributed by atoms with E-state index in [1.807, 2.05) is 0 Å². The molecule has 1 heterocycles. The van der Waals surface area contributed by atoms with Gasteiger partial charge in [0.25, 0.3) is 0 Å². The third-order valence-electron chi connectivity index (χ3n) is 3.99. The van der Waals surface area contributed by atoms with Crippen LogP contribution in [-0.4, -0.2) is 26.7 Å². The van der Waals surface area contributed by atoms with E-state index in [0.717, 1.165) is 4.57 Å². The molecule has 0 amide bonds. The molecule has 0 fully saturated rings. The van der Waals surface area contributed by atoms with Gasteiger partial charge in [-0.3, -0.25) is 0 Å². The van der Waals surface area contributed by atoms with Crippen molar-refractivity contribution < 1.29 is 27.8 Å². The fourth-order valence-electron chi connectivity index (χ4n) is 2.65. The van der Waals surface area contributed by atoms with Crippen LogP contribution in [-0.2, 0) is 17.5 Å². The molecule has 3 rings (SSSR count). The predicted molar refractivity (Wildman–Crippen MR) is 98.0 cm³/mol. The Morgan fingerprint density at radius 3 is 2.57 bits per heavy atom. The summed E-state index contributed by atoms with van der Waals surface area (Å²) in [6.07, 6.45) is -5.87. The number of imidazole rings is 1. The fraction of sp³-hybridized carbons (Fsp3) is 0.222. The highest BCUT2D eigenvalue weighted by molar-refractivity contribution is 6.36. The Hall–Kier alpha value is -2.45. The molecule has 0 saturated carbocycles. The maximum atomic E-state index is 13.5. The lowest BCUT2D eigenvalue weighted by Gasteiger charge is -2.16. The van der Waals surface area contributed by atoms with Crippen LogP contribution in [0.5, 0.6) is 5.75 Å². The van der Waals surface area contributed by atoms with Crippen molar-refractivity contribution in [2.75, 3.05) is 0 Å². The average Bonchev–Trinajstić information content (AvgIpc) is 2.98. The third kappa shape index (κ3) is 4.02. The maximum Gasteiger partial charge on any atom is 0.449 e. The molecule has 3 aromatic rings. The minimum atomic E-state index is -4.67. The first-order valence-electron chi connectivity index (χ1n) is 7.97. The number of halogens is 5. The number of aromatic nitrogens is 2. The molecule has 5 nitrogen and oxygen atoms in total. The van der Waals surface area contributed by atoms with Crippen LogP contribution in [0.3, 0.4) is 0 Å². The molecule has 0 radical (unpaired) electrons. The van der Waals surface area contributed by atoms with Crippen LogP contribution in [0.2, 0.25) is 10.0 Å². The smallest absolute Gasteiger partial charge is 0.449 e. The van der Waals surface area contributed by atoms with Crippen LogP contribution in [0, 0.1) is 0 Å².